The Morgan fingerprint density at radius 2 is 2.25 bits per heavy atom. The van der Waals surface area contributed by atoms with E-state index in [2.05, 4.69) is 39.5 Å². The van der Waals surface area contributed by atoms with E-state index in [1.807, 2.05) is 6.08 Å². The maximum absolute atomic E-state index is 5.74. The highest BCUT2D eigenvalue weighted by Crippen LogP contribution is 2.24. The minimum atomic E-state index is -0.127. The lowest BCUT2D eigenvalue weighted by molar-refractivity contribution is -0.0191. The SMILES string of the molecule is C=C/C=C1\C=CC(C)(C)OC1C. The van der Waals surface area contributed by atoms with Gasteiger partial charge in [0.1, 0.15) is 0 Å². The molecule has 1 heterocycles. The first-order chi connectivity index (χ1) is 5.55. The van der Waals surface area contributed by atoms with Gasteiger partial charge in [-0.3, -0.25) is 0 Å². The van der Waals surface area contributed by atoms with Crippen molar-refractivity contribution in [3.63, 3.8) is 0 Å². The molecule has 1 rings (SSSR count). The van der Waals surface area contributed by atoms with Crippen molar-refractivity contribution in [2.45, 2.75) is 32.5 Å². The van der Waals surface area contributed by atoms with E-state index in [4.69, 9.17) is 4.74 Å². The van der Waals surface area contributed by atoms with Crippen molar-refractivity contribution in [2.24, 2.45) is 0 Å². The monoisotopic (exact) mass is 164 g/mol. The van der Waals surface area contributed by atoms with Crippen LogP contribution in [0.1, 0.15) is 20.8 Å². The summed E-state index contributed by atoms with van der Waals surface area (Å²) >= 11 is 0. The summed E-state index contributed by atoms with van der Waals surface area (Å²) in [5.41, 5.74) is 1.06. The maximum Gasteiger partial charge on any atom is 0.0817 e. The number of hydrogen-bond acceptors (Lipinski definition) is 1. The molecule has 0 spiro atoms. The standard InChI is InChI=1S/C11H16O/c1-5-6-10-7-8-11(3,4)12-9(10)2/h5-9H,1H2,2-4H3/b10-6+. The van der Waals surface area contributed by atoms with Gasteiger partial charge in [0.25, 0.3) is 0 Å². The van der Waals surface area contributed by atoms with Gasteiger partial charge in [-0.2, -0.15) is 0 Å². The van der Waals surface area contributed by atoms with Gasteiger partial charge in [-0.15, -0.1) is 0 Å². The molecule has 66 valence electrons. The molecule has 0 bridgehead atoms. The van der Waals surface area contributed by atoms with E-state index in [0.29, 0.717) is 0 Å². The van der Waals surface area contributed by atoms with Gasteiger partial charge in [-0.1, -0.05) is 30.9 Å². The normalized spacial score (nSPS) is 30.6. The van der Waals surface area contributed by atoms with Crippen molar-refractivity contribution in [2.75, 3.05) is 0 Å². The summed E-state index contributed by atoms with van der Waals surface area (Å²) < 4.78 is 5.74. The van der Waals surface area contributed by atoms with E-state index in [1.54, 1.807) is 6.08 Å². The molecule has 1 atom stereocenters. The van der Waals surface area contributed by atoms with Gasteiger partial charge in [0.05, 0.1) is 11.7 Å². The Morgan fingerprint density at radius 1 is 1.58 bits per heavy atom. The van der Waals surface area contributed by atoms with Crippen LogP contribution in [0.5, 0.6) is 0 Å². The second-order valence-corrected chi connectivity index (χ2v) is 3.60. The molecular weight excluding hydrogens is 148 g/mol. The number of ether oxygens (including phenoxy) is 1. The van der Waals surface area contributed by atoms with Crippen LogP contribution in [0.3, 0.4) is 0 Å². The van der Waals surface area contributed by atoms with Crippen LogP contribution in [0.15, 0.2) is 36.5 Å². The molecule has 0 aromatic carbocycles. The Balaban J connectivity index is 2.86. The molecule has 0 saturated heterocycles. The fourth-order valence-corrected chi connectivity index (χ4v) is 1.32. The third-order valence-corrected chi connectivity index (χ3v) is 1.94. The predicted octanol–water partition coefficient (Wildman–Crippen LogP) is 2.85. The van der Waals surface area contributed by atoms with Gasteiger partial charge in [0, 0.05) is 0 Å². The highest BCUT2D eigenvalue weighted by Gasteiger charge is 2.23. The summed E-state index contributed by atoms with van der Waals surface area (Å²) in [7, 11) is 0. The van der Waals surface area contributed by atoms with E-state index in [0.717, 1.165) is 0 Å². The van der Waals surface area contributed by atoms with E-state index in [9.17, 15) is 0 Å². The van der Waals surface area contributed by atoms with E-state index in [1.165, 1.54) is 5.57 Å². The van der Waals surface area contributed by atoms with Crippen molar-refractivity contribution in [3.05, 3.63) is 36.5 Å². The van der Waals surface area contributed by atoms with Crippen LogP contribution in [-0.4, -0.2) is 11.7 Å². The predicted molar refractivity (Wildman–Crippen MR) is 52.0 cm³/mol. The number of hydrogen-bond donors (Lipinski definition) is 0. The average Bonchev–Trinajstić information content (AvgIpc) is 1.94. The summed E-state index contributed by atoms with van der Waals surface area (Å²) in [5, 5.41) is 0. The molecule has 0 amide bonds. The van der Waals surface area contributed by atoms with Gasteiger partial charge in [0.2, 0.25) is 0 Å². The van der Waals surface area contributed by atoms with Crippen molar-refractivity contribution in [1.82, 2.24) is 0 Å². The quantitative estimate of drug-likeness (QED) is 0.579. The Hall–Kier alpha value is -0.820. The maximum atomic E-state index is 5.74. The molecule has 1 heteroatoms. The molecule has 0 aliphatic carbocycles. The van der Waals surface area contributed by atoms with Crippen LogP contribution in [0.4, 0.5) is 0 Å². The third kappa shape index (κ3) is 2.08. The first kappa shape index (κ1) is 9.27. The zero-order valence-electron chi connectivity index (χ0n) is 8.00. The minimum Gasteiger partial charge on any atom is -0.364 e. The topological polar surface area (TPSA) is 9.23 Å². The summed E-state index contributed by atoms with van der Waals surface area (Å²) in [5.74, 6) is 0. The van der Waals surface area contributed by atoms with E-state index >= 15 is 0 Å². The second kappa shape index (κ2) is 3.28. The molecule has 0 saturated carbocycles. The average molecular weight is 164 g/mol. The fourth-order valence-electron chi connectivity index (χ4n) is 1.32. The van der Waals surface area contributed by atoms with Crippen molar-refractivity contribution in [1.29, 1.82) is 0 Å². The molecule has 1 aliphatic heterocycles. The van der Waals surface area contributed by atoms with Crippen LogP contribution >= 0.6 is 0 Å². The highest BCUT2D eigenvalue weighted by molar-refractivity contribution is 5.30. The molecule has 1 aliphatic rings. The smallest absolute Gasteiger partial charge is 0.0817 e. The Kier molecular flexibility index (Phi) is 2.53. The third-order valence-electron chi connectivity index (χ3n) is 1.94. The first-order valence-electron chi connectivity index (χ1n) is 4.25. The lowest BCUT2D eigenvalue weighted by atomic mass is 9.99. The van der Waals surface area contributed by atoms with Crippen LogP contribution in [0.2, 0.25) is 0 Å². The van der Waals surface area contributed by atoms with E-state index < -0.39 is 0 Å². The minimum absolute atomic E-state index is 0.127. The molecule has 0 fully saturated rings. The molecule has 0 radical (unpaired) electrons. The number of allylic oxidation sites excluding steroid dienone is 2. The lowest BCUT2D eigenvalue weighted by Gasteiger charge is -2.31. The second-order valence-electron chi connectivity index (χ2n) is 3.60. The first-order valence-corrected chi connectivity index (χ1v) is 4.25. The van der Waals surface area contributed by atoms with Gasteiger partial charge in [0.15, 0.2) is 0 Å². The Labute approximate surface area is 74.4 Å². The van der Waals surface area contributed by atoms with Crippen molar-refractivity contribution >= 4 is 0 Å². The van der Waals surface area contributed by atoms with Crippen LogP contribution < -0.4 is 0 Å². The van der Waals surface area contributed by atoms with Crippen LogP contribution in [-0.2, 0) is 4.74 Å². The Morgan fingerprint density at radius 3 is 2.75 bits per heavy atom. The highest BCUT2D eigenvalue weighted by atomic mass is 16.5. The van der Waals surface area contributed by atoms with Gasteiger partial charge in [-0.05, 0) is 26.3 Å². The van der Waals surface area contributed by atoms with E-state index in [-0.39, 0.29) is 11.7 Å². The fraction of sp³-hybridized carbons (Fsp3) is 0.455. The summed E-state index contributed by atoms with van der Waals surface area (Å²) in [6.07, 6.45) is 8.12. The molecule has 12 heavy (non-hydrogen) atoms. The van der Waals surface area contributed by atoms with Crippen molar-refractivity contribution < 1.29 is 4.74 Å². The van der Waals surface area contributed by atoms with Crippen LogP contribution in [0.25, 0.3) is 0 Å². The lowest BCUT2D eigenvalue weighted by Crippen LogP contribution is -2.31. The van der Waals surface area contributed by atoms with Crippen LogP contribution in [0, 0.1) is 0 Å². The largest absolute Gasteiger partial charge is 0.364 e. The molecule has 1 unspecified atom stereocenters. The van der Waals surface area contributed by atoms with Gasteiger partial charge in [-0.25, -0.2) is 0 Å². The molecule has 0 aromatic heterocycles. The van der Waals surface area contributed by atoms with Crippen molar-refractivity contribution in [3.8, 4) is 0 Å². The van der Waals surface area contributed by atoms with Gasteiger partial charge >= 0.3 is 0 Å². The Bertz CT molecular complexity index is 233. The molecule has 0 aromatic rings. The summed E-state index contributed by atoms with van der Waals surface area (Å²) in [4.78, 5) is 0. The molecule has 0 N–H and O–H groups in total. The summed E-state index contributed by atoms with van der Waals surface area (Å²) in [6.45, 7) is 9.84. The zero-order chi connectivity index (χ0) is 9.19. The zero-order valence-corrected chi connectivity index (χ0v) is 8.00. The molecular formula is C11H16O. The number of rotatable bonds is 1. The van der Waals surface area contributed by atoms with Gasteiger partial charge < -0.3 is 4.74 Å². The summed E-state index contributed by atoms with van der Waals surface area (Å²) in [6, 6.07) is 0. The molecule has 1 nitrogen and oxygen atoms in total.